The second-order valence-electron chi connectivity index (χ2n) is 12.8. The molecule has 0 saturated carbocycles. The third kappa shape index (κ3) is 5.75. The topological polar surface area (TPSA) is 99.2 Å². The Hall–Kier alpha value is -4.40. The van der Waals surface area contributed by atoms with Gasteiger partial charge < -0.3 is 20.1 Å². The molecule has 0 radical (unpaired) electrons. The number of allylic oxidation sites excluding steroid dienone is 3. The Bertz CT molecular complexity index is 1590. The predicted molar refractivity (Wildman–Crippen MR) is 162 cm³/mol. The van der Waals surface area contributed by atoms with Crippen LogP contribution in [0.3, 0.4) is 0 Å². The number of hydrogen-bond acceptors (Lipinski definition) is 6. The summed E-state index contributed by atoms with van der Waals surface area (Å²) in [6.45, 7) is 5.11. The van der Waals surface area contributed by atoms with E-state index in [1.165, 1.54) is 21.9 Å². The molecule has 8 nitrogen and oxygen atoms in total. The van der Waals surface area contributed by atoms with Gasteiger partial charge in [0.2, 0.25) is 0 Å². The molecule has 2 aliphatic heterocycles. The van der Waals surface area contributed by atoms with E-state index in [2.05, 4.69) is 5.32 Å². The highest BCUT2D eigenvalue weighted by Gasteiger charge is 2.47. The Morgan fingerprint density at radius 3 is 2.52 bits per heavy atom. The highest BCUT2D eigenvalue weighted by molar-refractivity contribution is 6.35. The van der Waals surface area contributed by atoms with E-state index in [4.69, 9.17) is 4.74 Å². The zero-order chi connectivity index (χ0) is 31.0. The van der Waals surface area contributed by atoms with Crippen molar-refractivity contribution in [1.29, 1.82) is 0 Å². The van der Waals surface area contributed by atoms with E-state index in [1.807, 2.05) is 44.2 Å². The fourth-order valence-electron chi connectivity index (χ4n) is 6.67. The van der Waals surface area contributed by atoms with Crippen molar-refractivity contribution in [1.82, 2.24) is 15.1 Å². The standard InChI is InChI=1S/C35H38FN3O5/c1-35(2)19-26-30(29(41)20-35)32(24-15-14-23(18-25(24)36)44-21-22-10-5-3-6-11-22)39(27-12-9-13-28(40)31(27)37-26)34(43)33(42)38-16-7-4-8-17-38/h3,5-6,10-12,14-15,18,32,37,40H,4,7-9,13,16-17,19-21H2,1-2H3. The van der Waals surface area contributed by atoms with Gasteiger partial charge >= 0.3 is 11.8 Å². The summed E-state index contributed by atoms with van der Waals surface area (Å²) in [7, 11) is 0. The van der Waals surface area contributed by atoms with Gasteiger partial charge in [-0.1, -0.05) is 50.3 Å². The van der Waals surface area contributed by atoms with Gasteiger partial charge in [0.1, 0.15) is 29.6 Å². The molecule has 1 unspecified atom stereocenters. The molecule has 44 heavy (non-hydrogen) atoms. The number of ether oxygens (including phenoxy) is 1. The first-order valence-electron chi connectivity index (χ1n) is 15.4. The Labute approximate surface area is 256 Å². The number of benzene rings is 2. The normalized spacial score (nSPS) is 21.6. The van der Waals surface area contributed by atoms with Gasteiger partial charge in [-0.15, -0.1) is 0 Å². The first kappa shape index (κ1) is 29.7. The van der Waals surface area contributed by atoms with Crippen LogP contribution in [0.2, 0.25) is 0 Å². The highest BCUT2D eigenvalue weighted by atomic mass is 19.1. The first-order chi connectivity index (χ1) is 21.1. The molecule has 9 heteroatoms. The Morgan fingerprint density at radius 1 is 1.05 bits per heavy atom. The molecule has 2 aromatic carbocycles. The summed E-state index contributed by atoms with van der Waals surface area (Å²) in [4.78, 5) is 44.8. The van der Waals surface area contributed by atoms with Gasteiger partial charge in [-0.05, 0) is 55.2 Å². The van der Waals surface area contributed by atoms with Crippen molar-refractivity contribution in [2.24, 2.45) is 5.41 Å². The lowest BCUT2D eigenvalue weighted by atomic mass is 9.73. The first-order valence-corrected chi connectivity index (χ1v) is 15.4. The van der Waals surface area contributed by atoms with Crippen molar-refractivity contribution in [3.05, 3.63) is 100.0 Å². The summed E-state index contributed by atoms with van der Waals surface area (Å²) in [5.41, 5.74) is 1.91. The van der Waals surface area contributed by atoms with Gasteiger partial charge in [0, 0.05) is 48.8 Å². The number of Topliss-reactive ketones (excluding diaryl/α,β-unsaturated/α-hetero) is 1. The smallest absolute Gasteiger partial charge is 0.317 e. The van der Waals surface area contributed by atoms with Crippen LogP contribution in [-0.4, -0.2) is 45.6 Å². The van der Waals surface area contributed by atoms with Crippen molar-refractivity contribution < 1.29 is 28.6 Å². The van der Waals surface area contributed by atoms with Crippen LogP contribution in [0, 0.1) is 11.2 Å². The van der Waals surface area contributed by atoms with E-state index in [-0.39, 0.29) is 47.1 Å². The number of amides is 2. The number of nitrogens with zero attached hydrogens (tertiary/aromatic N) is 2. The number of carbonyl (C=O) groups excluding carboxylic acids is 3. The van der Waals surface area contributed by atoms with Gasteiger partial charge in [0.15, 0.2) is 5.78 Å². The summed E-state index contributed by atoms with van der Waals surface area (Å²) in [5.74, 6) is -2.13. The number of fused-ring (bicyclic) bond motifs is 1. The number of likely N-dealkylation sites (tertiary alicyclic amines) is 1. The molecule has 0 aromatic heterocycles. The average molecular weight is 600 g/mol. The fourth-order valence-corrected chi connectivity index (χ4v) is 6.67. The molecule has 2 aliphatic carbocycles. The van der Waals surface area contributed by atoms with Crippen LogP contribution < -0.4 is 10.1 Å². The van der Waals surface area contributed by atoms with E-state index in [1.54, 1.807) is 12.1 Å². The zero-order valence-corrected chi connectivity index (χ0v) is 25.2. The second-order valence-corrected chi connectivity index (χ2v) is 12.8. The van der Waals surface area contributed by atoms with E-state index >= 15 is 4.39 Å². The van der Waals surface area contributed by atoms with Crippen molar-refractivity contribution in [2.45, 2.75) is 71.4 Å². The van der Waals surface area contributed by atoms with Gasteiger partial charge in [0.05, 0.1) is 11.7 Å². The summed E-state index contributed by atoms with van der Waals surface area (Å²) < 4.78 is 22.1. The Morgan fingerprint density at radius 2 is 1.80 bits per heavy atom. The van der Waals surface area contributed by atoms with Crippen molar-refractivity contribution in [3.63, 3.8) is 0 Å². The number of aliphatic hydroxyl groups is 1. The lowest BCUT2D eigenvalue weighted by Gasteiger charge is -2.38. The molecule has 2 amide bonds. The molecular weight excluding hydrogens is 561 g/mol. The van der Waals surface area contributed by atoms with Crippen molar-refractivity contribution >= 4 is 17.6 Å². The van der Waals surface area contributed by atoms with Crippen LogP contribution in [0.5, 0.6) is 5.75 Å². The highest BCUT2D eigenvalue weighted by Crippen LogP contribution is 2.48. The van der Waals surface area contributed by atoms with Crippen LogP contribution in [-0.2, 0) is 21.0 Å². The Kier molecular flexibility index (Phi) is 8.05. The molecule has 230 valence electrons. The number of hydrogen-bond donors (Lipinski definition) is 2. The minimum Gasteiger partial charge on any atom is -0.510 e. The summed E-state index contributed by atoms with van der Waals surface area (Å²) in [6, 6.07) is 12.7. The number of rotatable bonds is 4. The number of ketones is 1. The predicted octanol–water partition coefficient (Wildman–Crippen LogP) is 5.98. The molecule has 1 fully saturated rings. The third-order valence-corrected chi connectivity index (χ3v) is 8.81. The number of aliphatic hydroxyl groups excluding tert-OH is 1. The van der Waals surface area contributed by atoms with Crippen LogP contribution in [0.25, 0.3) is 0 Å². The minimum absolute atomic E-state index is 0.0270. The quantitative estimate of drug-likeness (QED) is 0.420. The maximum atomic E-state index is 16.3. The van der Waals surface area contributed by atoms with Crippen LogP contribution in [0.15, 0.2) is 83.0 Å². The van der Waals surface area contributed by atoms with Crippen LogP contribution in [0.1, 0.15) is 76.0 Å². The van der Waals surface area contributed by atoms with Gasteiger partial charge in [-0.2, -0.15) is 0 Å². The van der Waals surface area contributed by atoms with Gasteiger partial charge in [-0.25, -0.2) is 4.39 Å². The molecule has 1 atom stereocenters. The largest absolute Gasteiger partial charge is 0.510 e. The summed E-state index contributed by atoms with van der Waals surface area (Å²) in [6.07, 6.45) is 5.72. The average Bonchev–Trinajstić information content (AvgIpc) is 3.15. The summed E-state index contributed by atoms with van der Waals surface area (Å²) >= 11 is 0. The molecule has 4 aliphatic rings. The molecule has 0 bridgehead atoms. The number of carbonyl (C=O) groups is 3. The van der Waals surface area contributed by atoms with E-state index < -0.39 is 29.1 Å². The monoisotopic (exact) mass is 599 g/mol. The lowest BCUT2D eigenvalue weighted by Crippen LogP contribution is -2.49. The van der Waals surface area contributed by atoms with Gasteiger partial charge in [-0.3, -0.25) is 19.3 Å². The molecule has 2 aromatic rings. The summed E-state index contributed by atoms with van der Waals surface area (Å²) in [5, 5.41) is 14.3. The van der Waals surface area contributed by atoms with E-state index in [0.29, 0.717) is 43.8 Å². The number of piperidine rings is 1. The minimum atomic E-state index is -1.22. The lowest BCUT2D eigenvalue weighted by molar-refractivity contribution is -0.152. The molecule has 2 N–H and O–H groups in total. The zero-order valence-electron chi connectivity index (χ0n) is 25.2. The van der Waals surface area contributed by atoms with Crippen molar-refractivity contribution in [3.8, 4) is 5.75 Å². The van der Waals surface area contributed by atoms with Crippen molar-refractivity contribution in [2.75, 3.05) is 13.1 Å². The maximum absolute atomic E-state index is 16.3. The fraction of sp³-hybridized carbons (Fsp3) is 0.400. The number of halogens is 1. The van der Waals surface area contributed by atoms with Crippen LogP contribution >= 0.6 is 0 Å². The van der Waals surface area contributed by atoms with Crippen LogP contribution in [0.4, 0.5) is 4.39 Å². The SMILES string of the molecule is CC1(C)CC(=O)C2=C(C1)NC1=C(O)CCC=C1N(C(=O)C(=O)N1CCCCC1)C2c1ccc(OCc2ccccc2)cc1F. The molecule has 1 saturated heterocycles. The second kappa shape index (κ2) is 11.9. The number of nitrogens with one attached hydrogen (secondary N) is 1. The maximum Gasteiger partial charge on any atom is 0.317 e. The Balaban J connectivity index is 1.48. The molecule has 2 heterocycles. The van der Waals surface area contributed by atoms with Gasteiger partial charge in [0.25, 0.3) is 0 Å². The molecular formula is C35H38FN3O5. The molecule has 6 rings (SSSR count). The van der Waals surface area contributed by atoms with E-state index in [0.717, 1.165) is 24.8 Å². The molecule has 0 spiro atoms. The van der Waals surface area contributed by atoms with E-state index in [9.17, 15) is 19.5 Å². The third-order valence-electron chi connectivity index (χ3n) is 8.81.